The van der Waals surface area contributed by atoms with Gasteiger partial charge in [0.1, 0.15) is 5.44 Å². The summed E-state index contributed by atoms with van der Waals surface area (Å²) in [5.74, 6) is 0. The number of thioether (sulfide) groups is 1. The van der Waals surface area contributed by atoms with Crippen molar-refractivity contribution in [2.75, 3.05) is 6.61 Å². The smallest absolute Gasteiger partial charge is 0.261 e. The van der Waals surface area contributed by atoms with Crippen molar-refractivity contribution in [3.05, 3.63) is 91.0 Å². The monoisotopic (exact) mass is 448 g/mol. The van der Waals surface area contributed by atoms with Crippen LogP contribution in [0.15, 0.2) is 95.9 Å². The van der Waals surface area contributed by atoms with Crippen LogP contribution in [0.2, 0.25) is 5.04 Å². The van der Waals surface area contributed by atoms with Crippen LogP contribution in [0.5, 0.6) is 0 Å². The lowest BCUT2D eigenvalue weighted by Crippen LogP contribution is -2.67. The fourth-order valence-corrected chi connectivity index (χ4v) is 10.2. The minimum Gasteiger partial charge on any atom is -0.405 e. The average molecular weight is 449 g/mol. The molecule has 3 aromatic rings. The highest BCUT2D eigenvalue weighted by atomic mass is 32.2. The lowest BCUT2D eigenvalue weighted by atomic mass is 10.2. The lowest BCUT2D eigenvalue weighted by molar-refractivity contribution is 0.0512. The third-order valence-electron chi connectivity index (χ3n) is 5.98. The number of benzene rings is 3. The van der Waals surface area contributed by atoms with E-state index in [1.165, 1.54) is 15.3 Å². The van der Waals surface area contributed by atoms with E-state index in [4.69, 9.17) is 9.16 Å². The minimum atomic E-state index is -2.50. The van der Waals surface area contributed by atoms with Gasteiger partial charge in [0.05, 0.1) is 12.7 Å². The Labute approximate surface area is 192 Å². The summed E-state index contributed by atoms with van der Waals surface area (Å²) in [6.07, 6.45) is 2.25. The van der Waals surface area contributed by atoms with Crippen LogP contribution < -0.4 is 10.4 Å². The highest BCUT2D eigenvalue weighted by Gasteiger charge is 2.50. The van der Waals surface area contributed by atoms with Gasteiger partial charge in [-0.1, -0.05) is 111 Å². The Balaban J connectivity index is 1.55. The molecule has 0 radical (unpaired) electrons. The molecular weight excluding hydrogens is 416 g/mol. The van der Waals surface area contributed by atoms with Crippen molar-refractivity contribution in [3.63, 3.8) is 0 Å². The molecule has 0 bridgehead atoms. The summed E-state index contributed by atoms with van der Waals surface area (Å²) < 4.78 is 13.5. The van der Waals surface area contributed by atoms with E-state index >= 15 is 0 Å². The second-order valence-corrected chi connectivity index (χ2v) is 14.7. The van der Waals surface area contributed by atoms with Gasteiger partial charge in [-0.25, -0.2) is 0 Å². The molecule has 4 rings (SSSR count). The highest BCUT2D eigenvalue weighted by molar-refractivity contribution is 7.99. The van der Waals surface area contributed by atoms with Crippen LogP contribution in [-0.4, -0.2) is 26.5 Å². The molecule has 0 spiro atoms. The summed E-state index contributed by atoms with van der Waals surface area (Å²) in [5, 5.41) is 2.63. The SMILES string of the molecule is CC(C)(C)[Si](OC[C@H]1CC[C@H](Sc2ccccc2)O1)(c1ccccc1)c1ccccc1. The molecule has 3 aromatic carbocycles. The quantitative estimate of drug-likeness (QED) is 0.422. The molecule has 0 unspecified atom stereocenters. The van der Waals surface area contributed by atoms with Crippen LogP contribution in [-0.2, 0) is 9.16 Å². The zero-order chi connectivity index (χ0) is 21.7. The van der Waals surface area contributed by atoms with E-state index in [9.17, 15) is 0 Å². The van der Waals surface area contributed by atoms with Gasteiger partial charge in [-0.2, -0.15) is 0 Å². The second-order valence-electron chi connectivity index (χ2n) is 9.17. The predicted octanol–water partition coefficient (Wildman–Crippen LogP) is 5.86. The van der Waals surface area contributed by atoms with Gasteiger partial charge in [-0.15, -0.1) is 0 Å². The van der Waals surface area contributed by atoms with Crippen LogP contribution in [0, 0.1) is 0 Å². The van der Waals surface area contributed by atoms with Crippen LogP contribution in [0.25, 0.3) is 0 Å². The molecule has 1 aliphatic rings. The molecule has 0 saturated carbocycles. The van der Waals surface area contributed by atoms with Gasteiger partial charge in [-0.05, 0) is 40.4 Å². The Morgan fingerprint density at radius 3 is 1.84 bits per heavy atom. The Morgan fingerprint density at radius 2 is 1.32 bits per heavy atom. The summed E-state index contributed by atoms with van der Waals surface area (Å²) >= 11 is 1.82. The molecule has 1 aliphatic heterocycles. The van der Waals surface area contributed by atoms with Crippen LogP contribution in [0.4, 0.5) is 0 Å². The van der Waals surface area contributed by atoms with Crippen molar-refractivity contribution < 1.29 is 9.16 Å². The molecule has 31 heavy (non-hydrogen) atoms. The van der Waals surface area contributed by atoms with Crippen molar-refractivity contribution in [3.8, 4) is 0 Å². The van der Waals surface area contributed by atoms with Gasteiger partial charge in [0.15, 0.2) is 0 Å². The Bertz CT molecular complexity index is 902. The van der Waals surface area contributed by atoms with Gasteiger partial charge < -0.3 is 9.16 Å². The summed E-state index contributed by atoms with van der Waals surface area (Å²) in [5.41, 5.74) is 0.204. The first-order chi connectivity index (χ1) is 15.0. The summed E-state index contributed by atoms with van der Waals surface area (Å²) in [6, 6.07) is 32.2. The molecule has 0 amide bonds. The van der Waals surface area contributed by atoms with Crippen molar-refractivity contribution in [2.24, 2.45) is 0 Å². The second kappa shape index (κ2) is 9.74. The van der Waals surface area contributed by atoms with Gasteiger partial charge in [-0.3, -0.25) is 0 Å². The fraction of sp³-hybridized carbons (Fsp3) is 0.333. The molecular formula is C27H32O2SSi. The largest absolute Gasteiger partial charge is 0.405 e. The summed E-state index contributed by atoms with van der Waals surface area (Å²) in [7, 11) is -2.50. The molecule has 2 nitrogen and oxygen atoms in total. The van der Waals surface area contributed by atoms with E-state index in [0.29, 0.717) is 6.61 Å². The maximum absolute atomic E-state index is 7.05. The normalized spacial score (nSPS) is 19.5. The van der Waals surface area contributed by atoms with Crippen LogP contribution in [0.3, 0.4) is 0 Å². The number of hydrogen-bond donors (Lipinski definition) is 0. The Morgan fingerprint density at radius 1 is 0.806 bits per heavy atom. The third-order valence-corrected chi connectivity index (χ3v) is 12.1. The first kappa shape index (κ1) is 22.3. The molecule has 0 aliphatic carbocycles. The zero-order valence-corrected chi connectivity index (χ0v) is 20.5. The van der Waals surface area contributed by atoms with E-state index in [-0.39, 0.29) is 16.6 Å². The molecule has 0 N–H and O–H groups in total. The standard InChI is InChI=1S/C27H32O2SSi/c1-27(2,3)31(24-15-9-5-10-16-24,25-17-11-6-12-18-25)28-21-22-19-20-26(29-22)30-23-13-7-4-8-14-23/h4-18,22,26H,19-21H2,1-3H3/t22-,26+/m1/s1. The first-order valence-corrected chi connectivity index (χ1v) is 13.9. The zero-order valence-electron chi connectivity index (χ0n) is 18.7. The molecule has 4 heteroatoms. The van der Waals surface area contributed by atoms with Gasteiger partial charge in [0.2, 0.25) is 0 Å². The van der Waals surface area contributed by atoms with Gasteiger partial charge in [0.25, 0.3) is 8.32 Å². The van der Waals surface area contributed by atoms with Gasteiger partial charge in [0, 0.05) is 4.90 Å². The van der Waals surface area contributed by atoms with E-state index in [0.717, 1.165) is 12.8 Å². The number of hydrogen-bond acceptors (Lipinski definition) is 3. The van der Waals surface area contributed by atoms with E-state index in [2.05, 4.69) is 112 Å². The van der Waals surface area contributed by atoms with E-state index in [1.54, 1.807) is 0 Å². The molecule has 1 saturated heterocycles. The molecule has 1 heterocycles. The number of rotatable bonds is 7. The Hall–Kier alpha value is -1.85. The lowest BCUT2D eigenvalue weighted by Gasteiger charge is -2.43. The van der Waals surface area contributed by atoms with Crippen molar-refractivity contribution in [1.29, 1.82) is 0 Å². The average Bonchev–Trinajstić information content (AvgIpc) is 3.23. The van der Waals surface area contributed by atoms with Crippen molar-refractivity contribution in [2.45, 2.75) is 55.1 Å². The van der Waals surface area contributed by atoms with Crippen LogP contribution in [0.1, 0.15) is 33.6 Å². The first-order valence-electron chi connectivity index (χ1n) is 11.1. The molecule has 0 aromatic heterocycles. The number of ether oxygens (including phenoxy) is 1. The van der Waals surface area contributed by atoms with Crippen molar-refractivity contribution >= 4 is 30.5 Å². The summed E-state index contributed by atoms with van der Waals surface area (Å²) in [6.45, 7) is 7.60. The van der Waals surface area contributed by atoms with Crippen LogP contribution >= 0.6 is 11.8 Å². The summed E-state index contributed by atoms with van der Waals surface area (Å²) in [4.78, 5) is 1.26. The van der Waals surface area contributed by atoms with Gasteiger partial charge >= 0.3 is 0 Å². The minimum absolute atomic E-state index is 0.00744. The molecule has 162 valence electrons. The maximum Gasteiger partial charge on any atom is 0.261 e. The highest BCUT2D eigenvalue weighted by Crippen LogP contribution is 2.38. The predicted molar refractivity (Wildman–Crippen MR) is 134 cm³/mol. The maximum atomic E-state index is 7.05. The molecule has 1 fully saturated rings. The van der Waals surface area contributed by atoms with Crippen molar-refractivity contribution in [1.82, 2.24) is 0 Å². The van der Waals surface area contributed by atoms with E-state index < -0.39 is 8.32 Å². The molecule has 2 atom stereocenters. The Kier molecular flexibility index (Phi) is 7.02. The fourth-order valence-electron chi connectivity index (χ4n) is 4.51. The third kappa shape index (κ3) is 4.98. The van der Waals surface area contributed by atoms with E-state index in [1.807, 2.05) is 11.8 Å². The topological polar surface area (TPSA) is 18.5 Å².